The van der Waals surface area contributed by atoms with Gasteiger partial charge in [0.2, 0.25) is 10.0 Å². The number of fused-ring (bicyclic) bond motifs is 1. The fourth-order valence-electron chi connectivity index (χ4n) is 3.00. The largest absolute Gasteiger partial charge is 0.281 e. The first-order valence-electron chi connectivity index (χ1n) is 8.24. The van der Waals surface area contributed by atoms with E-state index < -0.39 is 33.5 Å². The van der Waals surface area contributed by atoms with Gasteiger partial charge in [0, 0.05) is 0 Å². The van der Waals surface area contributed by atoms with Gasteiger partial charge in [0.15, 0.2) is 5.54 Å². The van der Waals surface area contributed by atoms with Gasteiger partial charge in [0.25, 0.3) is 6.43 Å². The second kappa shape index (κ2) is 6.71. The van der Waals surface area contributed by atoms with Crippen LogP contribution in [0.1, 0.15) is 16.1 Å². The monoisotopic (exact) mass is 438 g/mol. The summed E-state index contributed by atoms with van der Waals surface area (Å²) in [6.07, 6.45) is -1.66. The summed E-state index contributed by atoms with van der Waals surface area (Å²) in [6.45, 7) is 1.60. The van der Waals surface area contributed by atoms with Crippen molar-refractivity contribution in [3.05, 3.63) is 70.1 Å². The summed E-state index contributed by atoms with van der Waals surface area (Å²) in [5.74, 6) is -0.406. The highest BCUT2D eigenvalue weighted by molar-refractivity contribution is 7.89. The molecule has 0 spiro atoms. The lowest BCUT2D eigenvalue weighted by atomic mass is 9.91. The molecule has 1 aliphatic rings. The van der Waals surface area contributed by atoms with E-state index in [0.717, 1.165) is 11.3 Å². The highest BCUT2D eigenvalue weighted by atomic mass is 32.2. The molecule has 4 rings (SSSR count). The van der Waals surface area contributed by atoms with Gasteiger partial charge in [-0.15, -0.1) is 11.3 Å². The van der Waals surface area contributed by atoms with Crippen LogP contribution in [0.4, 0.5) is 13.2 Å². The van der Waals surface area contributed by atoms with Gasteiger partial charge in [-0.2, -0.15) is 10.2 Å². The lowest BCUT2D eigenvalue weighted by Crippen LogP contribution is -2.21. The minimum Gasteiger partial charge on any atom is -0.238 e. The molecule has 0 amide bonds. The Morgan fingerprint density at radius 1 is 1.17 bits per heavy atom. The molecule has 1 aromatic heterocycles. The first kappa shape index (κ1) is 19.7. The summed E-state index contributed by atoms with van der Waals surface area (Å²) in [6, 6.07) is 8.24. The molecule has 3 aromatic rings. The van der Waals surface area contributed by atoms with E-state index in [9.17, 15) is 21.6 Å². The van der Waals surface area contributed by atoms with Gasteiger partial charge < -0.3 is 0 Å². The third kappa shape index (κ3) is 3.34. The Bertz CT molecular complexity index is 1250. The quantitative estimate of drug-likeness (QED) is 0.659. The number of primary sulfonamides is 1. The fourth-order valence-corrected chi connectivity index (χ4v) is 4.61. The molecule has 0 saturated heterocycles. The molecule has 2 N–H and O–H groups in total. The number of hydrogen-bond acceptors (Lipinski definition) is 6. The lowest BCUT2D eigenvalue weighted by Gasteiger charge is -2.20. The summed E-state index contributed by atoms with van der Waals surface area (Å²) >= 11 is 1.10. The number of nitrogens with zero attached hydrogens (tertiary/aromatic N) is 3. The number of azo groups is 1. The number of alkyl halides is 2. The Labute approximate surface area is 167 Å². The van der Waals surface area contributed by atoms with Gasteiger partial charge in [-0.3, -0.25) is 0 Å². The maximum absolute atomic E-state index is 13.9. The molecule has 0 bridgehead atoms. The van der Waals surface area contributed by atoms with Crippen molar-refractivity contribution in [2.24, 2.45) is 15.4 Å². The number of hydrogen-bond donors (Lipinski definition) is 1. The number of benzene rings is 2. The number of allylic oxidation sites excluding steroid dienone is 1. The van der Waals surface area contributed by atoms with Gasteiger partial charge in [0.1, 0.15) is 16.5 Å². The zero-order chi connectivity index (χ0) is 21.0. The minimum absolute atomic E-state index is 0.133. The molecule has 29 heavy (non-hydrogen) atoms. The van der Waals surface area contributed by atoms with Crippen LogP contribution in [0, 0.1) is 12.7 Å². The van der Waals surface area contributed by atoms with E-state index in [1.54, 1.807) is 13.0 Å². The number of sulfonamides is 1. The van der Waals surface area contributed by atoms with Crippen LogP contribution in [0.3, 0.4) is 0 Å². The zero-order valence-corrected chi connectivity index (χ0v) is 16.4. The Morgan fingerprint density at radius 2 is 1.86 bits per heavy atom. The van der Waals surface area contributed by atoms with Crippen molar-refractivity contribution in [3.63, 3.8) is 0 Å². The second-order valence-corrected chi connectivity index (χ2v) is 9.09. The van der Waals surface area contributed by atoms with Crippen molar-refractivity contribution < 1.29 is 21.6 Å². The normalized spacial score (nSPS) is 19.3. The number of nitrogens with two attached hydrogens (primary N) is 1. The van der Waals surface area contributed by atoms with Crippen LogP contribution in [0.15, 0.2) is 63.3 Å². The summed E-state index contributed by atoms with van der Waals surface area (Å²) in [4.78, 5) is 4.34. The number of aryl methyl sites for hydroxylation is 1. The molecule has 0 fully saturated rings. The van der Waals surface area contributed by atoms with E-state index in [4.69, 9.17) is 5.14 Å². The Balaban J connectivity index is 1.93. The highest BCUT2D eigenvalue weighted by Gasteiger charge is 2.41. The molecular weight excluding hydrogens is 425 g/mol. The van der Waals surface area contributed by atoms with Crippen LogP contribution in [-0.4, -0.2) is 19.8 Å². The number of rotatable bonds is 4. The summed E-state index contributed by atoms with van der Waals surface area (Å²) in [7, 11) is -3.93. The third-order valence-corrected chi connectivity index (χ3v) is 6.59. The molecule has 150 valence electrons. The molecule has 0 radical (unpaired) electrons. The van der Waals surface area contributed by atoms with Crippen LogP contribution in [0.2, 0.25) is 0 Å². The highest BCUT2D eigenvalue weighted by Crippen LogP contribution is 2.45. The molecule has 2 heterocycles. The van der Waals surface area contributed by atoms with Gasteiger partial charge >= 0.3 is 0 Å². The Kier molecular flexibility index (Phi) is 4.56. The number of thiazole rings is 1. The average molecular weight is 438 g/mol. The molecule has 1 unspecified atom stereocenters. The van der Waals surface area contributed by atoms with Gasteiger partial charge in [0.05, 0.1) is 15.1 Å². The molecule has 1 aliphatic heterocycles. The fraction of sp³-hybridized carbons (Fsp3) is 0.167. The van der Waals surface area contributed by atoms with Crippen LogP contribution in [0.25, 0.3) is 10.2 Å². The van der Waals surface area contributed by atoms with Crippen molar-refractivity contribution in [1.29, 1.82) is 0 Å². The van der Waals surface area contributed by atoms with E-state index in [2.05, 4.69) is 15.2 Å². The Morgan fingerprint density at radius 3 is 2.45 bits per heavy atom. The lowest BCUT2D eigenvalue weighted by molar-refractivity contribution is 0.188. The van der Waals surface area contributed by atoms with E-state index in [-0.39, 0.29) is 4.90 Å². The van der Waals surface area contributed by atoms with Gasteiger partial charge in [-0.05, 0) is 48.4 Å². The summed E-state index contributed by atoms with van der Waals surface area (Å²) in [5, 5.41) is 13.1. The molecule has 1 atom stereocenters. The van der Waals surface area contributed by atoms with E-state index >= 15 is 0 Å². The summed E-state index contributed by atoms with van der Waals surface area (Å²) in [5.41, 5.74) is -0.726. The molecular formula is C18H13F3N4O2S2. The van der Waals surface area contributed by atoms with Crippen LogP contribution in [0.5, 0.6) is 0 Å². The number of halogens is 3. The van der Waals surface area contributed by atoms with Crippen molar-refractivity contribution >= 4 is 31.6 Å². The maximum Gasteiger partial charge on any atom is 0.281 e. The van der Waals surface area contributed by atoms with E-state index in [1.807, 2.05) is 0 Å². The standard InChI is InChI=1S/C18H13F3N4O2S2/c1-9-6-13-15(7-12(9)19)28-17(23-13)18(8-14(16(20)21)24-25-18)10-2-4-11(5-3-10)29(22,26)27/h2-8,16H,1H3,(H2,22,26,27). The van der Waals surface area contributed by atoms with E-state index in [1.165, 1.54) is 36.4 Å². The predicted molar refractivity (Wildman–Crippen MR) is 102 cm³/mol. The molecule has 2 aromatic carbocycles. The second-order valence-electron chi connectivity index (χ2n) is 6.49. The predicted octanol–water partition coefficient (Wildman–Crippen LogP) is 4.25. The Hall–Kier alpha value is -2.63. The first-order chi connectivity index (χ1) is 13.6. The molecule has 6 nitrogen and oxygen atoms in total. The van der Waals surface area contributed by atoms with Crippen LogP contribution < -0.4 is 5.14 Å². The van der Waals surface area contributed by atoms with Gasteiger partial charge in [-0.25, -0.2) is 31.7 Å². The van der Waals surface area contributed by atoms with Crippen molar-refractivity contribution in [2.45, 2.75) is 23.8 Å². The summed E-state index contributed by atoms with van der Waals surface area (Å²) < 4.78 is 64.0. The first-order valence-corrected chi connectivity index (χ1v) is 10.6. The van der Waals surface area contributed by atoms with Crippen LogP contribution in [-0.2, 0) is 15.6 Å². The van der Waals surface area contributed by atoms with Crippen molar-refractivity contribution in [1.82, 2.24) is 4.98 Å². The number of aromatic nitrogens is 1. The smallest absolute Gasteiger partial charge is 0.238 e. The molecule has 0 aliphatic carbocycles. The van der Waals surface area contributed by atoms with Crippen molar-refractivity contribution in [3.8, 4) is 0 Å². The minimum atomic E-state index is -3.93. The van der Waals surface area contributed by atoms with E-state index in [0.29, 0.717) is 26.4 Å². The maximum atomic E-state index is 13.9. The van der Waals surface area contributed by atoms with Crippen molar-refractivity contribution in [2.75, 3.05) is 0 Å². The topological polar surface area (TPSA) is 97.8 Å². The third-order valence-electron chi connectivity index (χ3n) is 4.52. The zero-order valence-electron chi connectivity index (χ0n) is 14.8. The molecule has 11 heteroatoms. The molecule has 0 saturated carbocycles. The van der Waals surface area contributed by atoms with Crippen LogP contribution >= 0.6 is 11.3 Å². The van der Waals surface area contributed by atoms with Gasteiger partial charge in [-0.1, -0.05) is 12.1 Å². The SMILES string of the molecule is Cc1cc2nc(C3(c4ccc(S(N)(=O)=O)cc4)C=C(C(F)F)N=N3)sc2cc1F. The average Bonchev–Trinajstić information content (AvgIpc) is 3.27.